The Hall–Kier alpha value is -3.56. The van der Waals surface area contributed by atoms with Gasteiger partial charge in [0, 0.05) is 103 Å². The maximum absolute atomic E-state index is 4.62. The van der Waals surface area contributed by atoms with E-state index in [0.717, 1.165) is 101 Å². The number of rotatable bonds is 8. The van der Waals surface area contributed by atoms with Gasteiger partial charge in [-0.2, -0.15) is 0 Å². The zero-order chi connectivity index (χ0) is 27.2. The molecule has 0 radical (unpaired) electrons. The SMILES string of the molecule is c1ccc(CN2CCN(Cc3ccccn3)CCN(Cc3ccccn3)CCN(Cc3ccccn3)CC2)nc1. The predicted molar refractivity (Wildman–Crippen MR) is 158 cm³/mol. The number of hydrogen-bond acceptors (Lipinski definition) is 8. The molecule has 0 unspecified atom stereocenters. The van der Waals surface area contributed by atoms with Crippen LogP contribution in [0.1, 0.15) is 22.8 Å². The van der Waals surface area contributed by atoms with Gasteiger partial charge in [-0.15, -0.1) is 0 Å². The first-order chi connectivity index (χ1) is 19.8. The van der Waals surface area contributed by atoms with E-state index in [1.54, 1.807) is 0 Å². The van der Waals surface area contributed by atoms with E-state index < -0.39 is 0 Å². The average molecular weight is 537 g/mol. The molecule has 208 valence electrons. The van der Waals surface area contributed by atoms with Gasteiger partial charge in [0.15, 0.2) is 0 Å². The minimum atomic E-state index is 0.849. The largest absolute Gasteiger partial charge is 0.295 e. The van der Waals surface area contributed by atoms with E-state index >= 15 is 0 Å². The summed E-state index contributed by atoms with van der Waals surface area (Å²) in [5.41, 5.74) is 4.46. The van der Waals surface area contributed by atoms with Crippen molar-refractivity contribution in [2.24, 2.45) is 0 Å². The summed E-state index contributed by atoms with van der Waals surface area (Å²) in [7, 11) is 0. The lowest BCUT2D eigenvalue weighted by molar-refractivity contribution is 0.120. The first-order valence-electron chi connectivity index (χ1n) is 14.3. The molecule has 4 aromatic rings. The lowest BCUT2D eigenvalue weighted by Crippen LogP contribution is -2.45. The molecule has 8 nitrogen and oxygen atoms in total. The smallest absolute Gasteiger partial charge is 0.0543 e. The van der Waals surface area contributed by atoms with E-state index in [1.165, 1.54) is 0 Å². The highest BCUT2D eigenvalue weighted by atomic mass is 15.3. The summed E-state index contributed by atoms with van der Waals surface area (Å²) >= 11 is 0. The van der Waals surface area contributed by atoms with Crippen molar-refractivity contribution >= 4 is 0 Å². The second kappa shape index (κ2) is 15.3. The van der Waals surface area contributed by atoms with Crippen LogP contribution in [-0.4, -0.2) is 91.9 Å². The monoisotopic (exact) mass is 536 g/mol. The molecular weight excluding hydrogens is 496 g/mol. The zero-order valence-electron chi connectivity index (χ0n) is 23.3. The molecule has 40 heavy (non-hydrogen) atoms. The van der Waals surface area contributed by atoms with Crippen LogP contribution < -0.4 is 0 Å². The molecule has 0 bridgehead atoms. The van der Waals surface area contributed by atoms with Crippen molar-refractivity contribution in [3.05, 3.63) is 120 Å². The topological polar surface area (TPSA) is 64.5 Å². The highest BCUT2D eigenvalue weighted by Crippen LogP contribution is 2.10. The lowest BCUT2D eigenvalue weighted by atomic mass is 10.2. The van der Waals surface area contributed by atoms with Gasteiger partial charge in [-0.05, 0) is 48.5 Å². The van der Waals surface area contributed by atoms with Gasteiger partial charge in [0.2, 0.25) is 0 Å². The summed E-state index contributed by atoms with van der Waals surface area (Å²) < 4.78 is 0. The standard InChI is InChI=1S/C32H40N8/c1-5-13-33-29(9-1)25-37-17-19-38(26-30-10-2-6-14-34-30)21-23-40(28-32-12-4-8-16-36-32)24-22-39(20-18-37)27-31-11-3-7-15-35-31/h1-16H,17-28H2. The van der Waals surface area contributed by atoms with Gasteiger partial charge in [-0.1, -0.05) is 24.3 Å². The van der Waals surface area contributed by atoms with Gasteiger partial charge < -0.3 is 0 Å². The number of nitrogens with zero attached hydrogens (tertiary/aromatic N) is 8. The van der Waals surface area contributed by atoms with Crippen molar-refractivity contribution in [1.82, 2.24) is 39.5 Å². The molecule has 8 heteroatoms. The van der Waals surface area contributed by atoms with E-state index in [1.807, 2.05) is 49.1 Å². The fourth-order valence-corrected chi connectivity index (χ4v) is 5.09. The van der Waals surface area contributed by atoms with Crippen LogP contribution >= 0.6 is 0 Å². The Morgan fingerprint density at radius 1 is 0.350 bits per heavy atom. The second-order valence-corrected chi connectivity index (χ2v) is 10.4. The van der Waals surface area contributed by atoms with E-state index in [2.05, 4.69) is 88.1 Å². The van der Waals surface area contributed by atoms with Crippen molar-refractivity contribution in [3.8, 4) is 0 Å². The van der Waals surface area contributed by atoms with Crippen LogP contribution in [0.3, 0.4) is 0 Å². The Bertz CT molecular complexity index is 1010. The van der Waals surface area contributed by atoms with Crippen molar-refractivity contribution in [2.75, 3.05) is 52.4 Å². The molecule has 0 aliphatic carbocycles. The molecular formula is C32H40N8. The molecule has 0 amide bonds. The van der Waals surface area contributed by atoms with Gasteiger partial charge >= 0.3 is 0 Å². The third-order valence-corrected chi connectivity index (χ3v) is 7.38. The molecule has 4 aromatic heterocycles. The quantitative estimate of drug-likeness (QED) is 0.339. The average Bonchev–Trinajstić information content (AvgIpc) is 3.00. The molecule has 5 heterocycles. The summed E-state index contributed by atoms with van der Waals surface area (Å²) in [6, 6.07) is 24.8. The van der Waals surface area contributed by atoms with Crippen LogP contribution in [0.2, 0.25) is 0 Å². The molecule has 0 aromatic carbocycles. The fraction of sp³-hybridized carbons (Fsp3) is 0.375. The van der Waals surface area contributed by atoms with Gasteiger partial charge in [-0.25, -0.2) is 0 Å². The lowest BCUT2D eigenvalue weighted by Gasteiger charge is -2.34. The first kappa shape index (κ1) is 28.0. The summed E-state index contributed by atoms with van der Waals surface area (Å²) in [4.78, 5) is 28.7. The fourth-order valence-electron chi connectivity index (χ4n) is 5.09. The number of hydrogen-bond donors (Lipinski definition) is 0. The van der Waals surface area contributed by atoms with Crippen molar-refractivity contribution in [1.29, 1.82) is 0 Å². The molecule has 0 atom stereocenters. The van der Waals surface area contributed by atoms with Crippen molar-refractivity contribution in [2.45, 2.75) is 26.2 Å². The summed E-state index contributed by atoms with van der Waals surface area (Å²) in [6.07, 6.45) is 7.57. The van der Waals surface area contributed by atoms with E-state index in [0.29, 0.717) is 0 Å². The zero-order valence-corrected chi connectivity index (χ0v) is 23.3. The molecule has 1 aliphatic rings. The normalized spacial score (nSPS) is 17.2. The van der Waals surface area contributed by atoms with Crippen molar-refractivity contribution in [3.63, 3.8) is 0 Å². The second-order valence-electron chi connectivity index (χ2n) is 10.4. The third-order valence-electron chi connectivity index (χ3n) is 7.38. The third kappa shape index (κ3) is 9.27. The van der Waals surface area contributed by atoms with Crippen LogP contribution in [0.4, 0.5) is 0 Å². The Morgan fingerprint density at radius 3 is 0.750 bits per heavy atom. The molecule has 0 N–H and O–H groups in total. The molecule has 1 saturated heterocycles. The van der Waals surface area contributed by atoms with Crippen LogP contribution in [0, 0.1) is 0 Å². The van der Waals surface area contributed by atoms with E-state index in [4.69, 9.17) is 0 Å². The van der Waals surface area contributed by atoms with Gasteiger partial charge in [0.05, 0.1) is 22.8 Å². The van der Waals surface area contributed by atoms with Gasteiger partial charge in [0.25, 0.3) is 0 Å². The Kier molecular flexibility index (Phi) is 10.7. The molecule has 1 fully saturated rings. The highest BCUT2D eigenvalue weighted by Gasteiger charge is 2.18. The van der Waals surface area contributed by atoms with E-state index in [-0.39, 0.29) is 0 Å². The molecule has 5 rings (SSSR count). The summed E-state index contributed by atoms with van der Waals surface area (Å²) in [5.74, 6) is 0. The number of aromatic nitrogens is 4. The minimum absolute atomic E-state index is 0.849. The summed E-state index contributed by atoms with van der Waals surface area (Å²) in [6.45, 7) is 11.2. The Labute approximate surface area is 238 Å². The van der Waals surface area contributed by atoms with Gasteiger partial charge in [0.1, 0.15) is 0 Å². The van der Waals surface area contributed by atoms with E-state index in [9.17, 15) is 0 Å². The maximum atomic E-state index is 4.62. The maximum Gasteiger partial charge on any atom is 0.0543 e. The van der Waals surface area contributed by atoms with Crippen molar-refractivity contribution < 1.29 is 0 Å². The number of pyridine rings is 4. The Balaban J connectivity index is 1.34. The molecule has 0 saturated carbocycles. The van der Waals surface area contributed by atoms with Crippen LogP contribution in [-0.2, 0) is 26.2 Å². The molecule has 1 aliphatic heterocycles. The van der Waals surface area contributed by atoms with Gasteiger partial charge in [-0.3, -0.25) is 39.5 Å². The summed E-state index contributed by atoms with van der Waals surface area (Å²) in [5, 5.41) is 0. The Morgan fingerprint density at radius 2 is 0.575 bits per heavy atom. The highest BCUT2D eigenvalue weighted by molar-refractivity contribution is 5.06. The van der Waals surface area contributed by atoms with Crippen LogP contribution in [0.5, 0.6) is 0 Å². The predicted octanol–water partition coefficient (Wildman–Crippen LogP) is 3.59. The van der Waals surface area contributed by atoms with Crippen LogP contribution in [0.25, 0.3) is 0 Å². The first-order valence-corrected chi connectivity index (χ1v) is 14.3. The minimum Gasteiger partial charge on any atom is -0.295 e. The molecule has 0 spiro atoms. The van der Waals surface area contributed by atoms with Crippen LogP contribution in [0.15, 0.2) is 97.6 Å².